The van der Waals surface area contributed by atoms with Gasteiger partial charge in [0.05, 0.1) is 5.52 Å². The van der Waals surface area contributed by atoms with Crippen LogP contribution in [0.2, 0.25) is 5.02 Å². The molecule has 0 aliphatic carbocycles. The summed E-state index contributed by atoms with van der Waals surface area (Å²) >= 11 is 5.88. The Hall–Kier alpha value is -1.65. The lowest BCUT2D eigenvalue weighted by atomic mass is 10.2. The van der Waals surface area contributed by atoms with Gasteiger partial charge in [0.25, 0.3) is 5.91 Å². The molecule has 0 saturated heterocycles. The van der Waals surface area contributed by atoms with E-state index < -0.39 is 0 Å². The first kappa shape index (κ1) is 12.8. The van der Waals surface area contributed by atoms with Crippen LogP contribution in [0.15, 0.2) is 30.3 Å². The van der Waals surface area contributed by atoms with Crippen LogP contribution in [0.4, 0.5) is 0 Å². The van der Waals surface area contributed by atoms with E-state index >= 15 is 0 Å². The van der Waals surface area contributed by atoms with Crippen LogP contribution in [0, 0.1) is 0 Å². The second-order valence-corrected chi connectivity index (χ2v) is 4.30. The average molecular weight is 265 g/mol. The van der Waals surface area contributed by atoms with Crippen LogP contribution in [0.5, 0.6) is 0 Å². The number of nitrogens with one attached hydrogen (secondary N) is 1. The highest BCUT2D eigenvalue weighted by atomic mass is 35.5. The molecule has 4 nitrogen and oxygen atoms in total. The van der Waals surface area contributed by atoms with E-state index in [0.717, 1.165) is 5.39 Å². The predicted molar refractivity (Wildman–Crippen MR) is 70.8 cm³/mol. The topological polar surface area (TPSA) is 62.2 Å². The van der Waals surface area contributed by atoms with Gasteiger partial charge in [0.1, 0.15) is 5.69 Å². The Morgan fingerprint density at radius 1 is 1.33 bits per heavy atom. The molecule has 0 bridgehead atoms. The van der Waals surface area contributed by atoms with Crippen LogP contribution >= 0.6 is 11.6 Å². The molecule has 0 radical (unpaired) electrons. The van der Waals surface area contributed by atoms with Crippen molar-refractivity contribution >= 4 is 28.4 Å². The molecule has 0 fully saturated rings. The Balaban J connectivity index is 2.21. The van der Waals surface area contributed by atoms with Crippen molar-refractivity contribution in [2.75, 3.05) is 13.2 Å². The Morgan fingerprint density at radius 3 is 2.89 bits per heavy atom. The van der Waals surface area contributed by atoms with Crippen LogP contribution in [0.1, 0.15) is 16.9 Å². The third-order valence-corrected chi connectivity index (χ3v) is 2.74. The van der Waals surface area contributed by atoms with Crippen LogP contribution in [-0.2, 0) is 0 Å². The molecule has 1 amide bonds. The van der Waals surface area contributed by atoms with Crippen LogP contribution < -0.4 is 5.32 Å². The molecule has 1 aromatic carbocycles. The SMILES string of the molecule is O=C(NCCCO)c1ccc2ccc(Cl)cc2n1. The average Bonchev–Trinajstić information content (AvgIpc) is 2.38. The fraction of sp³-hybridized carbons (Fsp3) is 0.231. The number of carbonyl (C=O) groups excluding carboxylic acids is 1. The first-order chi connectivity index (χ1) is 8.70. The molecular formula is C13H13ClN2O2. The number of hydrogen-bond acceptors (Lipinski definition) is 3. The molecule has 1 heterocycles. The van der Waals surface area contributed by atoms with E-state index in [2.05, 4.69) is 10.3 Å². The molecule has 0 spiro atoms. The number of aliphatic hydroxyl groups is 1. The van der Waals surface area contributed by atoms with E-state index in [4.69, 9.17) is 16.7 Å². The molecule has 2 N–H and O–H groups in total. The molecule has 2 aromatic rings. The molecule has 1 aromatic heterocycles. The number of halogens is 1. The standard InChI is InChI=1S/C13H13ClN2O2/c14-10-4-2-9-3-5-11(16-12(9)8-10)13(18)15-6-1-7-17/h2-5,8,17H,1,6-7H2,(H,15,18). The van der Waals surface area contributed by atoms with Gasteiger partial charge in [-0.25, -0.2) is 4.98 Å². The molecule has 5 heteroatoms. The van der Waals surface area contributed by atoms with Gasteiger partial charge in [-0.3, -0.25) is 4.79 Å². The minimum absolute atomic E-state index is 0.0566. The predicted octanol–water partition coefficient (Wildman–Crippen LogP) is 2.00. The van der Waals surface area contributed by atoms with Gasteiger partial charge in [-0.05, 0) is 24.6 Å². The van der Waals surface area contributed by atoms with Gasteiger partial charge < -0.3 is 10.4 Å². The van der Waals surface area contributed by atoms with E-state index in [1.165, 1.54) is 0 Å². The van der Waals surface area contributed by atoms with Gasteiger partial charge >= 0.3 is 0 Å². The second-order valence-electron chi connectivity index (χ2n) is 3.87. The number of nitrogens with zero attached hydrogens (tertiary/aromatic N) is 1. The Labute approximate surface area is 110 Å². The summed E-state index contributed by atoms with van der Waals surface area (Å²) in [5.41, 5.74) is 1.04. The number of hydrogen-bond donors (Lipinski definition) is 2. The smallest absolute Gasteiger partial charge is 0.269 e. The van der Waals surface area contributed by atoms with Crippen molar-refractivity contribution in [1.29, 1.82) is 0 Å². The van der Waals surface area contributed by atoms with E-state index in [1.807, 2.05) is 12.1 Å². The van der Waals surface area contributed by atoms with Crippen molar-refractivity contribution in [2.24, 2.45) is 0 Å². The lowest BCUT2D eigenvalue weighted by Gasteiger charge is -2.04. The molecule has 0 unspecified atom stereocenters. The van der Waals surface area contributed by atoms with Gasteiger partial charge in [-0.2, -0.15) is 0 Å². The molecule has 0 saturated carbocycles. The summed E-state index contributed by atoms with van der Waals surface area (Å²) in [6.45, 7) is 0.492. The highest BCUT2D eigenvalue weighted by Crippen LogP contribution is 2.17. The zero-order valence-electron chi connectivity index (χ0n) is 9.69. The van der Waals surface area contributed by atoms with E-state index in [-0.39, 0.29) is 12.5 Å². The Morgan fingerprint density at radius 2 is 2.11 bits per heavy atom. The number of pyridine rings is 1. The van der Waals surface area contributed by atoms with Gasteiger partial charge in [0, 0.05) is 23.6 Å². The monoisotopic (exact) mass is 264 g/mol. The third-order valence-electron chi connectivity index (χ3n) is 2.51. The minimum Gasteiger partial charge on any atom is -0.396 e. The fourth-order valence-corrected chi connectivity index (χ4v) is 1.75. The summed E-state index contributed by atoms with van der Waals surface area (Å²) < 4.78 is 0. The highest BCUT2D eigenvalue weighted by Gasteiger charge is 2.07. The lowest BCUT2D eigenvalue weighted by molar-refractivity contribution is 0.0946. The molecule has 18 heavy (non-hydrogen) atoms. The molecule has 94 valence electrons. The summed E-state index contributed by atoms with van der Waals surface area (Å²) in [6.07, 6.45) is 0.533. The Kier molecular flexibility index (Phi) is 4.12. The fourth-order valence-electron chi connectivity index (χ4n) is 1.59. The largest absolute Gasteiger partial charge is 0.396 e. The first-order valence-electron chi connectivity index (χ1n) is 5.66. The van der Waals surface area contributed by atoms with E-state index in [9.17, 15) is 4.79 Å². The maximum atomic E-state index is 11.8. The molecular weight excluding hydrogens is 252 g/mol. The maximum absolute atomic E-state index is 11.8. The van der Waals surface area contributed by atoms with Crippen molar-refractivity contribution in [1.82, 2.24) is 10.3 Å². The van der Waals surface area contributed by atoms with Gasteiger partial charge in [0.2, 0.25) is 0 Å². The summed E-state index contributed by atoms with van der Waals surface area (Å²) in [7, 11) is 0. The molecule has 0 aliphatic heterocycles. The number of rotatable bonds is 4. The van der Waals surface area contributed by atoms with Crippen molar-refractivity contribution in [2.45, 2.75) is 6.42 Å². The molecule has 0 atom stereocenters. The summed E-state index contributed by atoms with van der Waals surface area (Å²) in [5, 5.41) is 12.9. The van der Waals surface area contributed by atoms with Gasteiger partial charge in [-0.1, -0.05) is 23.7 Å². The van der Waals surface area contributed by atoms with Crippen LogP contribution in [0.3, 0.4) is 0 Å². The van der Waals surface area contributed by atoms with Crippen LogP contribution in [-0.4, -0.2) is 29.1 Å². The van der Waals surface area contributed by atoms with Crippen molar-refractivity contribution in [3.8, 4) is 0 Å². The second kappa shape index (κ2) is 5.80. The van der Waals surface area contributed by atoms with Crippen LogP contribution in [0.25, 0.3) is 10.9 Å². The Bertz CT molecular complexity index is 572. The lowest BCUT2D eigenvalue weighted by Crippen LogP contribution is -2.25. The van der Waals surface area contributed by atoms with E-state index in [0.29, 0.717) is 29.2 Å². The zero-order valence-corrected chi connectivity index (χ0v) is 10.4. The number of aliphatic hydroxyl groups excluding tert-OH is 1. The molecule has 2 rings (SSSR count). The first-order valence-corrected chi connectivity index (χ1v) is 6.04. The van der Waals surface area contributed by atoms with Crippen molar-refractivity contribution < 1.29 is 9.90 Å². The minimum atomic E-state index is -0.245. The molecule has 0 aliphatic rings. The quantitative estimate of drug-likeness (QED) is 0.831. The number of carbonyl (C=O) groups is 1. The van der Waals surface area contributed by atoms with Crippen molar-refractivity contribution in [3.05, 3.63) is 41.0 Å². The number of fused-ring (bicyclic) bond motifs is 1. The van der Waals surface area contributed by atoms with Gasteiger partial charge in [0.15, 0.2) is 0 Å². The zero-order chi connectivity index (χ0) is 13.0. The van der Waals surface area contributed by atoms with Crippen molar-refractivity contribution in [3.63, 3.8) is 0 Å². The van der Waals surface area contributed by atoms with Gasteiger partial charge in [-0.15, -0.1) is 0 Å². The van der Waals surface area contributed by atoms with E-state index in [1.54, 1.807) is 18.2 Å². The normalized spacial score (nSPS) is 10.6. The third kappa shape index (κ3) is 2.97. The summed E-state index contributed by atoms with van der Waals surface area (Å²) in [6, 6.07) is 8.87. The number of amides is 1. The maximum Gasteiger partial charge on any atom is 0.269 e. The highest BCUT2D eigenvalue weighted by molar-refractivity contribution is 6.31. The number of aromatic nitrogens is 1. The number of benzene rings is 1. The summed E-state index contributed by atoms with van der Waals surface area (Å²) in [4.78, 5) is 16.0. The summed E-state index contributed by atoms with van der Waals surface area (Å²) in [5.74, 6) is -0.245.